The molecule has 0 aliphatic rings. The maximum Gasteiger partial charge on any atom is 0.302 e. The molecule has 0 aliphatic heterocycles. The van der Waals surface area contributed by atoms with Crippen molar-refractivity contribution in [1.82, 2.24) is 9.80 Å². The molecule has 0 radical (unpaired) electrons. The van der Waals surface area contributed by atoms with Crippen LogP contribution >= 0.6 is 0 Å². The highest BCUT2D eigenvalue weighted by atomic mass is 16.5. The number of likely N-dealkylation sites (N-methyl/N-ethyl adjacent to an activating group) is 3. The first-order valence-electron chi connectivity index (χ1n) is 22.9. The number of esters is 1. The van der Waals surface area contributed by atoms with Gasteiger partial charge in [0.25, 0.3) is 0 Å². The van der Waals surface area contributed by atoms with Gasteiger partial charge in [-0.3, -0.25) is 9.59 Å². The lowest BCUT2D eigenvalue weighted by Gasteiger charge is -2.28. The van der Waals surface area contributed by atoms with Crippen LogP contribution in [0.5, 0.6) is 0 Å². The quantitative estimate of drug-likeness (QED) is 0.102. The van der Waals surface area contributed by atoms with Crippen molar-refractivity contribution in [3.8, 4) is 0 Å². The molecule has 0 heterocycles. The van der Waals surface area contributed by atoms with Crippen molar-refractivity contribution in [1.29, 1.82) is 0 Å². The summed E-state index contributed by atoms with van der Waals surface area (Å²) in [5, 5.41) is 27.0. The Morgan fingerprint density at radius 3 is 0.766 bits per heavy atom. The van der Waals surface area contributed by atoms with Gasteiger partial charge in [0.1, 0.15) is 26.2 Å². The summed E-state index contributed by atoms with van der Waals surface area (Å²) >= 11 is 0. The predicted molar refractivity (Wildman–Crippen MR) is 303 cm³/mol. The predicted octanol–water partition coefficient (Wildman–Crippen LogP) is 10.2. The van der Waals surface area contributed by atoms with Gasteiger partial charge < -0.3 is 82.2 Å². The van der Waals surface area contributed by atoms with E-state index in [-0.39, 0.29) is 52.8 Å². The Morgan fingerprint density at radius 2 is 0.672 bits per heavy atom. The van der Waals surface area contributed by atoms with Crippen molar-refractivity contribution in [3.05, 3.63) is 34.9 Å². The van der Waals surface area contributed by atoms with E-state index in [9.17, 15) is 14.8 Å². The molecule has 0 unspecified atom stereocenters. The number of quaternary nitrogens is 5. The van der Waals surface area contributed by atoms with Crippen LogP contribution in [0.25, 0.3) is 0 Å². The van der Waals surface area contributed by atoms with Gasteiger partial charge in [0.15, 0.2) is 0 Å². The highest BCUT2D eigenvalue weighted by Gasteiger charge is 2.10. The Labute approximate surface area is 413 Å². The molecule has 0 saturated carbocycles. The molecule has 416 valence electrons. The van der Waals surface area contributed by atoms with E-state index >= 15 is 0 Å². The molecule has 0 aromatic rings. The average molecular weight is 949 g/mol. The second-order valence-electron chi connectivity index (χ2n) is 16.5. The van der Waals surface area contributed by atoms with Gasteiger partial charge in [0.05, 0.1) is 125 Å². The van der Waals surface area contributed by atoms with E-state index in [1.807, 2.05) is 123 Å². The molecule has 0 aromatic carbocycles. The maximum absolute atomic E-state index is 10.3. The summed E-state index contributed by atoms with van der Waals surface area (Å²) in [4.78, 5) is 23.9. The fraction of sp³-hybridized carbons (Fsp3) is 0.882. The summed E-state index contributed by atoms with van der Waals surface area (Å²) in [6.07, 6.45) is 1.19. The molecular weight excluding hydrogens is 807 g/mol. The van der Waals surface area contributed by atoms with E-state index in [4.69, 9.17) is 14.9 Å². The van der Waals surface area contributed by atoms with Gasteiger partial charge in [-0.2, -0.15) is 0 Å². The number of amides is 1. The van der Waals surface area contributed by atoms with Gasteiger partial charge in [-0.05, 0) is 27.6 Å². The number of carbonyl (C=O) groups excluding carboxylic acids is 2. The summed E-state index contributed by atoms with van der Waals surface area (Å²) in [5.41, 5.74) is 0. The van der Waals surface area contributed by atoms with E-state index in [1.165, 1.54) is 25.2 Å². The normalized spacial score (nSPS) is 8.58. The van der Waals surface area contributed by atoms with E-state index < -0.39 is 0 Å². The molecule has 13 heteroatoms. The number of hydrogen-bond acceptors (Lipinski definition) is 7. The molecule has 0 atom stereocenters. The van der Waals surface area contributed by atoms with E-state index in [0.29, 0.717) is 13.2 Å². The number of nitrogens with zero attached hydrogens (tertiary/aromatic N) is 7. The molecule has 64 heavy (non-hydrogen) atoms. The van der Waals surface area contributed by atoms with Crippen molar-refractivity contribution in [2.24, 2.45) is 0 Å². The van der Waals surface area contributed by atoms with Crippen molar-refractivity contribution >= 4 is 11.9 Å². The van der Waals surface area contributed by atoms with Gasteiger partial charge in [-0.15, -0.1) is 0 Å². The molecule has 0 aromatic heterocycles. The first-order valence-corrected chi connectivity index (χ1v) is 22.9. The molecule has 0 spiro atoms. The monoisotopic (exact) mass is 948 g/mol. The Morgan fingerprint density at radius 1 is 0.484 bits per heavy atom. The van der Waals surface area contributed by atoms with Crippen LogP contribution in [0.4, 0.5) is 0 Å². The van der Waals surface area contributed by atoms with Crippen LogP contribution in [0, 0.1) is 34.9 Å². The number of hydroxylamine groups is 3. The SMILES string of the molecule is CC.CC.CC.CC.CC.CC.CC.CC(=O)N(C)C.CC(=O)OCC[N+](C)(C)C.CCC[N+](C)(C)CCO.CN(C)C.C[N+](C)(C)C.C[N+](C)(C)CCO.C[N+](C)(C)[O-].[CH3-].[CH3-].[CH3-].[CH3-]. The number of hydrogen-bond donors (Lipinski definition) is 2. The summed E-state index contributed by atoms with van der Waals surface area (Å²) in [6, 6.07) is 0. The van der Waals surface area contributed by atoms with Crippen LogP contribution in [0.2, 0.25) is 0 Å². The zero-order chi connectivity index (χ0) is 53.2. The van der Waals surface area contributed by atoms with Crippen LogP contribution in [0.15, 0.2) is 0 Å². The van der Waals surface area contributed by atoms with Crippen LogP contribution in [0.1, 0.15) is 124 Å². The van der Waals surface area contributed by atoms with Crippen molar-refractivity contribution in [2.45, 2.75) is 124 Å². The fourth-order valence-corrected chi connectivity index (χ4v) is 1.75. The van der Waals surface area contributed by atoms with E-state index in [1.54, 1.807) is 35.2 Å². The minimum Gasteiger partial charge on any atom is -0.633 e. The second kappa shape index (κ2) is 91.9. The molecule has 0 rings (SSSR count). The summed E-state index contributed by atoms with van der Waals surface area (Å²) in [7, 11) is 39.3. The van der Waals surface area contributed by atoms with Crippen molar-refractivity contribution < 1.29 is 47.1 Å². The maximum atomic E-state index is 10.3. The zero-order valence-corrected chi connectivity index (χ0v) is 53.3. The molecule has 2 N–H and O–H groups in total. The Kier molecular flexibility index (Phi) is 172. The number of aliphatic hydroxyl groups excluding tert-OH is 2. The third kappa shape index (κ3) is 462. The standard InChI is InChI=1S/C7H16NO2.C7H18NO.C5H14NO.C4H9NO.C4H12N.C3H9NO.C3H9N.7C2H6.4CH3/c1-7(9)10-6-5-8(2,3)4;1-4-5-8(2,3)6-7-9;1-6(2,3)4-5-7;1-4(6)5(2)3;1-5(2,3)4;1-4(2,3)5;1-4(2)3;7*1-2;;;;/h5-6H2,1-4H3;9H,4-7H2,1-3H3;7H,4-5H2,1-3H3;1-3H3;1-4H3;1-3H3;1-3H3;7*1-2H3;4*1H3/q3*+1;;+1;;;;;;;;;;4*-1. The number of rotatable bonds is 9. The van der Waals surface area contributed by atoms with Gasteiger partial charge in [-0.1, -0.05) is 104 Å². The van der Waals surface area contributed by atoms with Crippen LogP contribution in [-0.2, 0) is 14.3 Å². The summed E-state index contributed by atoms with van der Waals surface area (Å²) in [6.45, 7) is 37.9. The highest BCUT2D eigenvalue weighted by molar-refractivity contribution is 5.72. The first kappa shape index (κ1) is 119. The Bertz CT molecular complexity index is 636. The third-order valence-electron chi connectivity index (χ3n) is 4.00. The van der Waals surface area contributed by atoms with E-state index in [2.05, 4.69) is 91.5 Å². The zero-order valence-electron chi connectivity index (χ0n) is 53.3. The van der Waals surface area contributed by atoms with E-state index in [0.717, 1.165) is 44.1 Å². The molecule has 1 amide bonds. The van der Waals surface area contributed by atoms with Crippen molar-refractivity contribution in [2.75, 3.05) is 187 Å². The van der Waals surface area contributed by atoms with Crippen LogP contribution < -0.4 is 0 Å². The van der Waals surface area contributed by atoms with Gasteiger partial charge in [-0.25, -0.2) is 0 Å². The largest absolute Gasteiger partial charge is 0.633 e. The second-order valence-corrected chi connectivity index (χ2v) is 16.5. The third-order valence-corrected chi connectivity index (χ3v) is 4.00. The van der Waals surface area contributed by atoms with Crippen molar-refractivity contribution in [3.63, 3.8) is 0 Å². The molecule has 0 bridgehead atoms. The Balaban J connectivity index is -0.0000000231. The lowest BCUT2D eigenvalue weighted by Crippen LogP contribution is -2.42. The van der Waals surface area contributed by atoms with Gasteiger partial charge in [0, 0.05) is 27.9 Å². The summed E-state index contributed by atoms with van der Waals surface area (Å²) < 4.78 is 8.12. The molecule has 0 aliphatic carbocycles. The molecule has 0 saturated heterocycles. The Hall–Kier alpha value is -1.42. The van der Waals surface area contributed by atoms with Gasteiger partial charge in [0.2, 0.25) is 5.91 Å². The first-order chi connectivity index (χ1) is 27.0. The fourth-order valence-electron chi connectivity index (χ4n) is 1.75. The minimum absolute atomic E-state index is 0. The minimum atomic E-state index is -0.250. The molecular formula is C51H141N7O6. The number of carbonyl (C=O) groups is 2. The summed E-state index contributed by atoms with van der Waals surface area (Å²) in [5.74, 6) is -0.108. The average Bonchev–Trinajstić information content (AvgIpc) is 3.09. The highest BCUT2D eigenvalue weighted by Crippen LogP contribution is 1.96. The number of aliphatic hydroxyl groups is 2. The smallest absolute Gasteiger partial charge is 0.302 e. The number of ether oxygens (including phenoxy) is 1. The topological polar surface area (TPSA) is 113 Å². The lowest BCUT2D eigenvalue weighted by molar-refractivity contribution is -0.890. The molecule has 0 fully saturated rings. The van der Waals surface area contributed by atoms with Gasteiger partial charge >= 0.3 is 5.97 Å². The van der Waals surface area contributed by atoms with Crippen LogP contribution in [0.3, 0.4) is 0 Å². The molecule has 13 nitrogen and oxygen atoms in total. The lowest BCUT2D eigenvalue weighted by atomic mass is 10.4. The van der Waals surface area contributed by atoms with Crippen LogP contribution in [-0.4, -0.2) is 241 Å².